The number of morpholine rings is 1. The average molecular weight is 388 g/mol. The molecule has 0 aromatic carbocycles. The Bertz CT molecular complexity index is 635. The van der Waals surface area contributed by atoms with Crippen LogP contribution in [0.25, 0.3) is 0 Å². The van der Waals surface area contributed by atoms with Crippen LogP contribution in [0.4, 0.5) is 11.8 Å². The summed E-state index contributed by atoms with van der Waals surface area (Å²) < 4.78 is 5.42. The third-order valence-electron chi connectivity index (χ3n) is 6.37. The van der Waals surface area contributed by atoms with Gasteiger partial charge in [-0.15, -0.1) is 0 Å². The molecule has 1 aromatic rings. The van der Waals surface area contributed by atoms with E-state index in [1.807, 2.05) is 17.2 Å². The highest BCUT2D eigenvalue weighted by molar-refractivity contribution is 5.76. The fraction of sp³-hybridized carbons (Fsp3) is 0.762. The van der Waals surface area contributed by atoms with Crippen LogP contribution in [-0.4, -0.2) is 73.3 Å². The van der Waals surface area contributed by atoms with E-state index in [0.29, 0.717) is 5.91 Å². The van der Waals surface area contributed by atoms with Crippen LogP contribution in [0, 0.1) is 5.92 Å². The highest BCUT2D eigenvalue weighted by Crippen LogP contribution is 2.27. The van der Waals surface area contributed by atoms with Crippen molar-refractivity contribution in [3.05, 3.63) is 12.3 Å². The minimum absolute atomic E-state index is 0.335. The number of aromatic nitrogens is 2. The summed E-state index contributed by atoms with van der Waals surface area (Å²) >= 11 is 0. The van der Waals surface area contributed by atoms with Crippen molar-refractivity contribution in [3.8, 4) is 0 Å². The van der Waals surface area contributed by atoms with Gasteiger partial charge in [-0.1, -0.05) is 32.1 Å². The molecule has 1 aromatic heterocycles. The van der Waals surface area contributed by atoms with Gasteiger partial charge < -0.3 is 19.4 Å². The molecule has 1 saturated carbocycles. The van der Waals surface area contributed by atoms with Gasteiger partial charge in [-0.25, -0.2) is 4.98 Å². The lowest BCUT2D eigenvalue weighted by Gasteiger charge is -2.36. The van der Waals surface area contributed by atoms with E-state index in [-0.39, 0.29) is 0 Å². The molecule has 4 rings (SSSR count). The van der Waals surface area contributed by atoms with Crippen molar-refractivity contribution in [2.75, 3.05) is 62.3 Å². The van der Waals surface area contributed by atoms with Crippen LogP contribution in [-0.2, 0) is 9.53 Å². The number of piperazine rings is 1. The van der Waals surface area contributed by atoms with Gasteiger partial charge in [0.15, 0.2) is 0 Å². The van der Waals surface area contributed by atoms with Crippen molar-refractivity contribution < 1.29 is 9.53 Å². The van der Waals surface area contributed by atoms with Gasteiger partial charge in [0.05, 0.1) is 13.2 Å². The number of ether oxygens (including phenoxy) is 1. The summed E-state index contributed by atoms with van der Waals surface area (Å²) in [5.74, 6) is 2.86. The van der Waals surface area contributed by atoms with E-state index in [0.717, 1.165) is 83.0 Å². The number of hydrogen-bond acceptors (Lipinski definition) is 6. The number of carbonyl (C=O) groups is 1. The van der Waals surface area contributed by atoms with Gasteiger partial charge in [-0.2, -0.15) is 4.98 Å². The van der Waals surface area contributed by atoms with E-state index in [4.69, 9.17) is 9.72 Å². The van der Waals surface area contributed by atoms with Crippen molar-refractivity contribution in [3.63, 3.8) is 0 Å². The minimum atomic E-state index is 0.335. The SMILES string of the molecule is O=C(CCC1CCCCC1)N1CCN(c2ccnc(N3CCOCC3)n2)CC1. The van der Waals surface area contributed by atoms with Crippen LogP contribution in [0.15, 0.2) is 12.3 Å². The minimum Gasteiger partial charge on any atom is -0.378 e. The molecule has 0 unspecified atom stereocenters. The predicted molar refractivity (Wildman–Crippen MR) is 110 cm³/mol. The molecule has 28 heavy (non-hydrogen) atoms. The Labute approximate surface area is 168 Å². The fourth-order valence-electron chi connectivity index (χ4n) is 4.58. The first-order valence-corrected chi connectivity index (χ1v) is 11.0. The zero-order chi connectivity index (χ0) is 19.2. The molecule has 2 saturated heterocycles. The predicted octanol–water partition coefficient (Wildman–Crippen LogP) is 2.32. The van der Waals surface area contributed by atoms with E-state index in [1.54, 1.807) is 0 Å². The second-order valence-corrected chi connectivity index (χ2v) is 8.22. The highest BCUT2D eigenvalue weighted by Gasteiger charge is 2.24. The number of anilines is 2. The maximum Gasteiger partial charge on any atom is 0.227 e. The monoisotopic (exact) mass is 387 g/mol. The second-order valence-electron chi connectivity index (χ2n) is 8.22. The Morgan fingerprint density at radius 3 is 2.50 bits per heavy atom. The number of rotatable bonds is 5. The molecule has 3 fully saturated rings. The van der Waals surface area contributed by atoms with Gasteiger partial charge in [0.25, 0.3) is 0 Å². The van der Waals surface area contributed by atoms with Crippen LogP contribution in [0.2, 0.25) is 0 Å². The van der Waals surface area contributed by atoms with Crippen molar-refractivity contribution in [1.29, 1.82) is 0 Å². The molecule has 1 aliphatic carbocycles. The van der Waals surface area contributed by atoms with Gasteiger partial charge in [-0.05, 0) is 18.4 Å². The van der Waals surface area contributed by atoms with E-state index >= 15 is 0 Å². The molecule has 154 valence electrons. The second kappa shape index (κ2) is 9.54. The summed E-state index contributed by atoms with van der Waals surface area (Å²) in [4.78, 5) is 28.3. The Morgan fingerprint density at radius 1 is 1.00 bits per heavy atom. The molecule has 0 radical (unpaired) electrons. The number of carbonyl (C=O) groups excluding carboxylic acids is 1. The number of hydrogen-bond donors (Lipinski definition) is 0. The van der Waals surface area contributed by atoms with E-state index < -0.39 is 0 Å². The van der Waals surface area contributed by atoms with Crippen LogP contribution in [0.1, 0.15) is 44.9 Å². The smallest absolute Gasteiger partial charge is 0.227 e. The first-order chi connectivity index (χ1) is 13.8. The molecular formula is C21H33N5O2. The Morgan fingerprint density at radius 2 is 1.75 bits per heavy atom. The van der Waals surface area contributed by atoms with E-state index in [9.17, 15) is 4.79 Å². The van der Waals surface area contributed by atoms with Crippen LogP contribution in [0.5, 0.6) is 0 Å². The standard InChI is InChI=1S/C21H33N5O2/c27-20(7-6-18-4-2-1-3-5-18)25-12-10-24(11-13-25)19-8-9-22-21(23-19)26-14-16-28-17-15-26/h8-9,18H,1-7,10-17H2. The number of amides is 1. The van der Waals surface area contributed by atoms with Gasteiger partial charge in [0.1, 0.15) is 5.82 Å². The van der Waals surface area contributed by atoms with Crippen LogP contribution in [0.3, 0.4) is 0 Å². The third kappa shape index (κ3) is 4.93. The summed E-state index contributed by atoms with van der Waals surface area (Å²) in [5.41, 5.74) is 0. The molecule has 7 nitrogen and oxygen atoms in total. The lowest BCUT2D eigenvalue weighted by molar-refractivity contribution is -0.131. The maximum atomic E-state index is 12.6. The molecule has 0 spiro atoms. The molecule has 0 atom stereocenters. The first-order valence-electron chi connectivity index (χ1n) is 11.0. The summed E-state index contributed by atoms with van der Waals surface area (Å²) in [6.07, 6.45) is 10.4. The molecular weight excluding hydrogens is 354 g/mol. The van der Waals surface area contributed by atoms with Crippen LogP contribution >= 0.6 is 0 Å². The largest absolute Gasteiger partial charge is 0.378 e. The fourth-order valence-corrected chi connectivity index (χ4v) is 4.58. The van der Waals surface area contributed by atoms with Gasteiger partial charge in [0.2, 0.25) is 11.9 Å². The summed E-state index contributed by atoms with van der Waals surface area (Å²) in [6.45, 7) is 6.41. The molecule has 0 N–H and O–H groups in total. The van der Waals surface area contributed by atoms with Crippen molar-refractivity contribution in [2.45, 2.75) is 44.9 Å². The molecule has 7 heteroatoms. The van der Waals surface area contributed by atoms with Crippen molar-refractivity contribution in [1.82, 2.24) is 14.9 Å². The van der Waals surface area contributed by atoms with Gasteiger partial charge >= 0.3 is 0 Å². The van der Waals surface area contributed by atoms with Gasteiger partial charge in [-0.3, -0.25) is 4.79 Å². The average Bonchev–Trinajstić information content (AvgIpc) is 2.79. The molecule has 3 aliphatic rings. The quantitative estimate of drug-likeness (QED) is 0.773. The lowest BCUT2D eigenvalue weighted by atomic mass is 9.86. The van der Waals surface area contributed by atoms with E-state index in [2.05, 4.69) is 14.8 Å². The Hall–Kier alpha value is -1.89. The molecule has 1 amide bonds. The summed E-state index contributed by atoms with van der Waals surface area (Å²) in [5, 5.41) is 0. The topological polar surface area (TPSA) is 61.8 Å². The van der Waals surface area contributed by atoms with E-state index in [1.165, 1.54) is 32.1 Å². The molecule has 0 bridgehead atoms. The summed E-state index contributed by atoms with van der Waals surface area (Å²) in [7, 11) is 0. The molecule has 3 heterocycles. The third-order valence-corrected chi connectivity index (χ3v) is 6.37. The highest BCUT2D eigenvalue weighted by atomic mass is 16.5. The van der Waals surface area contributed by atoms with Gasteiger partial charge in [0, 0.05) is 51.9 Å². The lowest BCUT2D eigenvalue weighted by Crippen LogP contribution is -2.49. The first kappa shape index (κ1) is 19.4. The Kier molecular flexibility index (Phi) is 6.62. The number of nitrogens with zero attached hydrogens (tertiary/aromatic N) is 5. The Balaban J connectivity index is 1.26. The molecule has 2 aliphatic heterocycles. The van der Waals surface area contributed by atoms with Crippen molar-refractivity contribution >= 4 is 17.7 Å². The summed E-state index contributed by atoms with van der Waals surface area (Å²) in [6, 6.07) is 1.98. The zero-order valence-electron chi connectivity index (χ0n) is 16.9. The normalized spacial score (nSPS) is 21.8. The maximum absolute atomic E-state index is 12.6. The van der Waals surface area contributed by atoms with Crippen LogP contribution < -0.4 is 9.80 Å². The zero-order valence-corrected chi connectivity index (χ0v) is 16.9. The van der Waals surface area contributed by atoms with Crippen molar-refractivity contribution in [2.24, 2.45) is 5.92 Å².